The molecule has 2 N–H and O–H groups in total. The molecule has 0 saturated carbocycles. The number of nitrogens with one attached hydrogen (secondary N) is 1. The fourth-order valence-corrected chi connectivity index (χ4v) is 3.84. The van der Waals surface area contributed by atoms with Crippen molar-refractivity contribution in [2.75, 3.05) is 6.61 Å². The monoisotopic (exact) mass is 401 g/mol. The van der Waals surface area contributed by atoms with Crippen LogP contribution in [0.3, 0.4) is 0 Å². The summed E-state index contributed by atoms with van der Waals surface area (Å²) in [6, 6.07) is 0. The summed E-state index contributed by atoms with van der Waals surface area (Å²) in [6.07, 6.45) is 2.71. The quantitative estimate of drug-likeness (QED) is 0.251. The molecule has 1 rings (SSSR count). The van der Waals surface area contributed by atoms with E-state index in [1.165, 1.54) is 12.3 Å². The molecule has 0 aromatic heterocycles. The average Bonchev–Trinajstić information content (AvgIpc) is 2.89. The fraction of sp³-hybridized carbons (Fsp3) is 0.789. The van der Waals surface area contributed by atoms with E-state index in [1.807, 2.05) is 6.92 Å². The van der Waals surface area contributed by atoms with Crippen LogP contribution < -0.4 is 5.32 Å². The lowest BCUT2D eigenvalue weighted by molar-refractivity contribution is -0.156. The van der Waals surface area contributed by atoms with Crippen molar-refractivity contribution in [1.29, 1.82) is 0 Å². The van der Waals surface area contributed by atoms with Crippen LogP contribution in [0.25, 0.3) is 0 Å². The highest BCUT2D eigenvalue weighted by molar-refractivity contribution is 6.74. The second-order valence-corrected chi connectivity index (χ2v) is 13.1. The number of rotatable bonds is 10. The standard InChI is InChI=1S/C19H35NO6Si/c1-7-8-10-15(23)25-17-16(26-27(5,6)19(2,3)4)14(13-22)24-18(17)20-11-9-12-21/h9,11-12,14,16-18,20,22H,7-8,10,13H2,1-6H3/b11-9-/t14-,16?,17?,18-/m1/s1. The molecule has 27 heavy (non-hydrogen) atoms. The number of ether oxygens (including phenoxy) is 2. The number of aldehydes is 1. The van der Waals surface area contributed by atoms with Crippen LogP contribution in [-0.4, -0.2) is 56.8 Å². The molecule has 1 aliphatic heterocycles. The van der Waals surface area contributed by atoms with Crippen molar-refractivity contribution >= 4 is 20.6 Å². The zero-order valence-corrected chi connectivity index (χ0v) is 18.4. The number of hydrogen-bond donors (Lipinski definition) is 2. The second-order valence-electron chi connectivity index (χ2n) is 8.34. The third kappa shape index (κ3) is 6.71. The van der Waals surface area contributed by atoms with Crippen LogP contribution in [0.2, 0.25) is 18.1 Å². The molecule has 7 nitrogen and oxygen atoms in total. The first-order chi connectivity index (χ1) is 12.6. The van der Waals surface area contributed by atoms with Crippen molar-refractivity contribution in [2.45, 2.75) is 89.6 Å². The van der Waals surface area contributed by atoms with Gasteiger partial charge in [-0.25, -0.2) is 0 Å². The van der Waals surface area contributed by atoms with Gasteiger partial charge in [0.05, 0.1) is 6.61 Å². The number of carbonyl (C=O) groups is 2. The summed E-state index contributed by atoms with van der Waals surface area (Å²) in [6.45, 7) is 12.3. The summed E-state index contributed by atoms with van der Waals surface area (Å²) >= 11 is 0. The lowest BCUT2D eigenvalue weighted by Crippen LogP contribution is -2.51. The Morgan fingerprint density at radius 3 is 2.48 bits per heavy atom. The van der Waals surface area contributed by atoms with Crippen LogP contribution >= 0.6 is 0 Å². The van der Waals surface area contributed by atoms with Crippen LogP contribution in [-0.2, 0) is 23.5 Å². The van der Waals surface area contributed by atoms with Crippen LogP contribution in [0.15, 0.2) is 12.3 Å². The minimum Gasteiger partial charge on any atom is -0.455 e. The molecular weight excluding hydrogens is 366 g/mol. The number of aliphatic hydroxyl groups excluding tert-OH is 1. The summed E-state index contributed by atoms with van der Waals surface area (Å²) in [4.78, 5) is 22.8. The van der Waals surface area contributed by atoms with Crippen LogP contribution in [0.1, 0.15) is 47.0 Å². The van der Waals surface area contributed by atoms with Gasteiger partial charge >= 0.3 is 5.97 Å². The number of esters is 1. The molecule has 1 fully saturated rings. The van der Waals surface area contributed by atoms with Crippen LogP contribution in [0.5, 0.6) is 0 Å². The van der Waals surface area contributed by atoms with Gasteiger partial charge in [-0.1, -0.05) is 34.1 Å². The van der Waals surface area contributed by atoms with E-state index in [1.54, 1.807) is 0 Å². The molecule has 1 aliphatic rings. The van der Waals surface area contributed by atoms with E-state index in [9.17, 15) is 14.7 Å². The molecule has 0 bridgehead atoms. The highest BCUT2D eigenvalue weighted by Crippen LogP contribution is 2.40. The van der Waals surface area contributed by atoms with E-state index in [2.05, 4.69) is 39.2 Å². The Morgan fingerprint density at radius 1 is 1.30 bits per heavy atom. The third-order valence-corrected chi connectivity index (χ3v) is 9.64. The van der Waals surface area contributed by atoms with Gasteiger partial charge in [0.25, 0.3) is 0 Å². The maximum absolute atomic E-state index is 12.3. The lowest BCUT2D eigenvalue weighted by atomic mass is 10.1. The highest BCUT2D eigenvalue weighted by atomic mass is 28.4. The predicted octanol–water partition coefficient (Wildman–Crippen LogP) is 2.50. The first kappa shape index (κ1) is 23.8. The Kier molecular flexibility index (Phi) is 9.13. The van der Waals surface area contributed by atoms with Crippen molar-refractivity contribution in [1.82, 2.24) is 5.32 Å². The summed E-state index contributed by atoms with van der Waals surface area (Å²) in [5, 5.41) is 12.7. The van der Waals surface area contributed by atoms with Gasteiger partial charge < -0.3 is 24.3 Å². The SMILES string of the molecule is CCCCC(=O)OC1C(O[Si](C)(C)C(C)(C)C)[C@@H](CO)O[C@H]1N/C=C\C=O. The Morgan fingerprint density at radius 2 is 1.96 bits per heavy atom. The first-order valence-corrected chi connectivity index (χ1v) is 12.5. The molecule has 1 saturated heterocycles. The Bertz CT molecular complexity index is 517. The van der Waals surface area contributed by atoms with Gasteiger partial charge in [0, 0.05) is 12.6 Å². The number of allylic oxidation sites excluding steroid dienone is 1. The zero-order chi connectivity index (χ0) is 20.7. The molecule has 0 aromatic rings. The third-order valence-electron chi connectivity index (χ3n) is 5.16. The normalized spacial score (nSPS) is 26.3. The van der Waals surface area contributed by atoms with Gasteiger partial charge in [0.1, 0.15) is 18.5 Å². The van der Waals surface area contributed by atoms with Crippen molar-refractivity contribution < 1.29 is 28.6 Å². The number of hydrogen-bond acceptors (Lipinski definition) is 7. The van der Waals surface area contributed by atoms with Gasteiger partial charge in [-0.2, -0.15) is 0 Å². The van der Waals surface area contributed by atoms with Crippen molar-refractivity contribution in [3.63, 3.8) is 0 Å². The number of carbonyl (C=O) groups excluding carboxylic acids is 2. The van der Waals surface area contributed by atoms with E-state index < -0.39 is 32.9 Å². The summed E-state index contributed by atoms with van der Waals surface area (Å²) in [7, 11) is -2.20. The number of unbranched alkanes of at least 4 members (excludes halogenated alkanes) is 1. The van der Waals surface area contributed by atoms with Crippen molar-refractivity contribution in [3.8, 4) is 0 Å². The van der Waals surface area contributed by atoms with Gasteiger partial charge in [0.2, 0.25) is 0 Å². The zero-order valence-electron chi connectivity index (χ0n) is 17.4. The maximum Gasteiger partial charge on any atom is 0.306 e. The molecular formula is C19H35NO6Si. The summed E-state index contributed by atoms with van der Waals surface area (Å²) < 4.78 is 18.0. The molecule has 0 amide bonds. The molecule has 0 spiro atoms. The molecule has 0 aromatic carbocycles. The van der Waals surface area contributed by atoms with Crippen molar-refractivity contribution in [2.24, 2.45) is 0 Å². The average molecular weight is 402 g/mol. The first-order valence-electron chi connectivity index (χ1n) is 9.57. The molecule has 2 unspecified atom stereocenters. The van der Waals surface area contributed by atoms with Gasteiger partial charge in [-0.05, 0) is 30.6 Å². The molecule has 8 heteroatoms. The molecule has 156 valence electrons. The van der Waals surface area contributed by atoms with E-state index >= 15 is 0 Å². The summed E-state index contributed by atoms with van der Waals surface area (Å²) in [5.74, 6) is -0.320. The van der Waals surface area contributed by atoms with Crippen molar-refractivity contribution in [3.05, 3.63) is 12.3 Å². The molecule has 4 atom stereocenters. The van der Waals surface area contributed by atoms with E-state index in [-0.39, 0.29) is 17.6 Å². The fourth-order valence-electron chi connectivity index (χ4n) is 2.52. The Labute approximate surface area is 163 Å². The molecule has 0 aliphatic carbocycles. The van der Waals surface area contributed by atoms with E-state index in [0.717, 1.165) is 12.8 Å². The van der Waals surface area contributed by atoms with Crippen LogP contribution in [0.4, 0.5) is 0 Å². The Hall–Kier alpha value is -1.22. The van der Waals surface area contributed by atoms with E-state index in [0.29, 0.717) is 12.7 Å². The van der Waals surface area contributed by atoms with Crippen LogP contribution in [0, 0.1) is 0 Å². The van der Waals surface area contributed by atoms with Gasteiger partial charge in [-0.15, -0.1) is 0 Å². The smallest absolute Gasteiger partial charge is 0.306 e. The topological polar surface area (TPSA) is 94.1 Å². The molecule has 0 radical (unpaired) electrons. The highest BCUT2D eigenvalue weighted by Gasteiger charge is 2.51. The predicted molar refractivity (Wildman–Crippen MR) is 106 cm³/mol. The minimum atomic E-state index is -2.20. The Balaban J connectivity index is 3.05. The minimum absolute atomic E-state index is 0.0489. The largest absolute Gasteiger partial charge is 0.455 e. The summed E-state index contributed by atoms with van der Waals surface area (Å²) in [5.41, 5.74) is 0. The maximum atomic E-state index is 12.3. The van der Waals surface area contributed by atoms with Gasteiger partial charge in [-0.3, -0.25) is 9.59 Å². The van der Waals surface area contributed by atoms with E-state index in [4.69, 9.17) is 13.9 Å². The second kappa shape index (κ2) is 10.4. The lowest BCUT2D eigenvalue weighted by Gasteiger charge is -2.40. The van der Waals surface area contributed by atoms with Gasteiger partial charge in [0.15, 0.2) is 20.6 Å². The molecule has 1 heterocycles. The number of aliphatic hydroxyl groups is 1.